The fourth-order valence-corrected chi connectivity index (χ4v) is 2.10. The number of aryl methyl sites for hydroxylation is 2. The van der Waals surface area contributed by atoms with Crippen LogP contribution in [0.15, 0.2) is 24.3 Å². The molecule has 3 heteroatoms. The van der Waals surface area contributed by atoms with Crippen molar-refractivity contribution < 1.29 is 17.1 Å². The van der Waals surface area contributed by atoms with Gasteiger partial charge in [0.05, 0.1) is 0 Å². The fraction of sp³-hybridized carbons (Fsp3) is 0.286. The third-order valence-corrected chi connectivity index (χ3v) is 3.11. The van der Waals surface area contributed by atoms with E-state index < -0.39 is 0 Å². The molecule has 2 aromatic carbocycles. The molecule has 2 rings (SSSR count). The van der Waals surface area contributed by atoms with Crippen molar-refractivity contribution in [1.82, 2.24) is 0 Å². The molecule has 92 valence electrons. The second-order valence-corrected chi connectivity index (χ2v) is 4.08. The second kappa shape index (κ2) is 5.44. The normalized spacial score (nSPS) is 10.2. The Balaban J connectivity index is 0.00000144. The topological polar surface area (TPSA) is 49.8 Å². The monoisotopic (exact) mass is 269 g/mol. The number of rotatable bonds is 2. The van der Waals surface area contributed by atoms with Gasteiger partial charge in [-0.05, 0) is 35.4 Å². The molecule has 0 radical (unpaired) electrons. The van der Waals surface area contributed by atoms with Crippen LogP contribution in [0.2, 0.25) is 0 Å². The van der Waals surface area contributed by atoms with Gasteiger partial charge in [-0.3, -0.25) is 0 Å². The number of nitrogens with two attached hydrogens (primary N) is 1. The first kappa shape index (κ1) is 13.9. The number of hydrogen-bond donors (Lipinski definition) is 1. The molecule has 0 fully saturated rings. The van der Waals surface area contributed by atoms with Crippen molar-refractivity contribution in [2.75, 3.05) is 5.73 Å². The standard InChI is InChI=1S/C14H17N2.Fe/c1-3-9-7-10(4-2)11-5-6-13(15)14(16)12(11)8-9;/h5-8,15H,3-4,16H2,1-2H3;/q-1;. The average Bonchev–Trinajstić information content (AvgIpc) is 2.32. The minimum atomic E-state index is 0. The van der Waals surface area contributed by atoms with Crippen LogP contribution in [0.3, 0.4) is 0 Å². The van der Waals surface area contributed by atoms with Crippen LogP contribution in [0.1, 0.15) is 25.0 Å². The minimum Gasteiger partial charge on any atom is -0.697 e. The van der Waals surface area contributed by atoms with Gasteiger partial charge in [0.25, 0.3) is 0 Å². The Morgan fingerprint density at radius 3 is 2.35 bits per heavy atom. The van der Waals surface area contributed by atoms with E-state index in [1.807, 2.05) is 6.07 Å². The van der Waals surface area contributed by atoms with E-state index >= 15 is 0 Å². The maximum Gasteiger partial charge on any atom is 0.0240 e. The van der Waals surface area contributed by atoms with Gasteiger partial charge in [-0.1, -0.05) is 32.0 Å². The third-order valence-electron chi connectivity index (χ3n) is 3.11. The summed E-state index contributed by atoms with van der Waals surface area (Å²) in [6, 6.07) is 8.14. The van der Waals surface area contributed by atoms with E-state index in [0.29, 0.717) is 11.4 Å². The molecule has 0 amide bonds. The molecular weight excluding hydrogens is 252 g/mol. The van der Waals surface area contributed by atoms with Crippen LogP contribution in [0.4, 0.5) is 11.4 Å². The van der Waals surface area contributed by atoms with Crippen LogP contribution in [0, 0.1) is 0 Å². The van der Waals surface area contributed by atoms with E-state index in [1.165, 1.54) is 16.5 Å². The summed E-state index contributed by atoms with van der Waals surface area (Å²) in [6.07, 6.45) is 2.01. The maximum absolute atomic E-state index is 7.73. The van der Waals surface area contributed by atoms with Crippen LogP contribution in [0.25, 0.3) is 16.5 Å². The minimum absolute atomic E-state index is 0. The first-order chi connectivity index (χ1) is 7.67. The van der Waals surface area contributed by atoms with Gasteiger partial charge >= 0.3 is 0 Å². The second-order valence-electron chi connectivity index (χ2n) is 4.08. The Bertz CT molecular complexity index is 535. The Morgan fingerprint density at radius 2 is 1.76 bits per heavy atom. The molecule has 0 aromatic heterocycles. The Kier molecular flexibility index (Phi) is 4.44. The zero-order chi connectivity index (χ0) is 11.7. The van der Waals surface area contributed by atoms with Gasteiger partial charge in [-0.15, -0.1) is 5.69 Å². The van der Waals surface area contributed by atoms with Crippen molar-refractivity contribution in [1.29, 1.82) is 0 Å². The summed E-state index contributed by atoms with van der Waals surface area (Å²) in [5.41, 5.74) is 17.3. The van der Waals surface area contributed by atoms with E-state index in [1.54, 1.807) is 6.07 Å². The molecule has 0 bridgehead atoms. The smallest absolute Gasteiger partial charge is 0.0240 e. The van der Waals surface area contributed by atoms with Gasteiger partial charge in [0.15, 0.2) is 0 Å². The summed E-state index contributed by atoms with van der Waals surface area (Å²) in [5.74, 6) is 0. The maximum atomic E-state index is 7.73. The number of hydrogen-bond acceptors (Lipinski definition) is 1. The number of nitrogens with one attached hydrogen (secondary N) is 1. The Morgan fingerprint density at radius 1 is 1.06 bits per heavy atom. The van der Waals surface area contributed by atoms with Gasteiger partial charge in [-0.25, -0.2) is 0 Å². The molecule has 0 aliphatic rings. The predicted octanol–water partition coefficient (Wildman–Crippen LogP) is 4.23. The molecule has 0 saturated carbocycles. The number of anilines is 1. The third kappa shape index (κ3) is 2.41. The van der Waals surface area contributed by atoms with Crippen LogP contribution in [-0.2, 0) is 29.9 Å². The van der Waals surface area contributed by atoms with Gasteiger partial charge in [0.1, 0.15) is 0 Å². The first-order valence-corrected chi connectivity index (χ1v) is 5.73. The van der Waals surface area contributed by atoms with Crippen LogP contribution >= 0.6 is 0 Å². The molecule has 2 nitrogen and oxygen atoms in total. The van der Waals surface area contributed by atoms with E-state index in [0.717, 1.165) is 18.2 Å². The summed E-state index contributed by atoms with van der Waals surface area (Å²) in [4.78, 5) is 0. The van der Waals surface area contributed by atoms with Crippen molar-refractivity contribution in [3.8, 4) is 0 Å². The Labute approximate surface area is 113 Å². The van der Waals surface area contributed by atoms with Crippen molar-refractivity contribution in [3.05, 3.63) is 41.1 Å². The van der Waals surface area contributed by atoms with Crippen molar-refractivity contribution in [2.45, 2.75) is 26.7 Å². The molecule has 3 N–H and O–H groups in total. The fourth-order valence-electron chi connectivity index (χ4n) is 2.10. The molecule has 0 saturated heterocycles. The zero-order valence-electron chi connectivity index (χ0n) is 10.2. The van der Waals surface area contributed by atoms with Crippen LogP contribution < -0.4 is 5.73 Å². The predicted molar refractivity (Wildman–Crippen MR) is 71.1 cm³/mol. The molecule has 0 heterocycles. The molecule has 0 aliphatic carbocycles. The van der Waals surface area contributed by atoms with E-state index in [9.17, 15) is 0 Å². The van der Waals surface area contributed by atoms with Crippen LogP contribution in [-0.4, -0.2) is 0 Å². The van der Waals surface area contributed by atoms with Gasteiger partial charge in [0, 0.05) is 28.1 Å². The van der Waals surface area contributed by atoms with Gasteiger partial charge in [-0.2, -0.15) is 0 Å². The molecule has 2 aromatic rings. The SMILES string of the molecule is CCc1cc(CC)c2ccc([NH-])c(N)c2c1.[Fe]. The quantitative estimate of drug-likeness (QED) is 0.643. The molecular formula is C14H17FeN2-. The van der Waals surface area contributed by atoms with Crippen molar-refractivity contribution in [2.24, 2.45) is 0 Å². The van der Waals surface area contributed by atoms with E-state index in [2.05, 4.69) is 26.0 Å². The summed E-state index contributed by atoms with van der Waals surface area (Å²) >= 11 is 0. The largest absolute Gasteiger partial charge is 0.697 e. The summed E-state index contributed by atoms with van der Waals surface area (Å²) in [6.45, 7) is 4.29. The van der Waals surface area contributed by atoms with Crippen molar-refractivity contribution in [3.63, 3.8) is 0 Å². The molecule has 0 aliphatic heterocycles. The number of benzene rings is 2. The van der Waals surface area contributed by atoms with Gasteiger partial charge < -0.3 is 11.5 Å². The molecule has 17 heavy (non-hydrogen) atoms. The average molecular weight is 269 g/mol. The number of nitrogen functional groups attached to an aromatic ring is 1. The van der Waals surface area contributed by atoms with Crippen LogP contribution in [0.5, 0.6) is 0 Å². The number of fused-ring (bicyclic) bond motifs is 1. The molecule has 0 atom stereocenters. The van der Waals surface area contributed by atoms with Crippen molar-refractivity contribution >= 4 is 22.1 Å². The van der Waals surface area contributed by atoms with E-state index in [-0.39, 0.29) is 17.1 Å². The molecule has 0 spiro atoms. The Hall–Kier alpha value is -1.18. The summed E-state index contributed by atoms with van der Waals surface area (Å²) < 4.78 is 0. The zero-order valence-corrected chi connectivity index (χ0v) is 11.3. The summed E-state index contributed by atoms with van der Waals surface area (Å²) in [7, 11) is 0. The first-order valence-electron chi connectivity index (χ1n) is 5.73. The summed E-state index contributed by atoms with van der Waals surface area (Å²) in [5, 5.41) is 2.22. The molecule has 0 unspecified atom stereocenters. The van der Waals surface area contributed by atoms with E-state index in [4.69, 9.17) is 11.5 Å². The van der Waals surface area contributed by atoms with Gasteiger partial charge in [0.2, 0.25) is 0 Å².